The van der Waals surface area contributed by atoms with Gasteiger partial charge in [-0.1, -0.05) is 24.3 Å². The second kappa shape index (κ2) is 18.6. The molecule has 0 atom stereocenters. The maximum Gasteiger partial charge on any atom is 0.275 e. The average molecular weight is 968 g/mol. The van der Waals surface area contributed by atoms with Gasteiger partial charge in [-0.15, -0.1) is 22.7 Å². The van der Waals surface area contributed by atoms with E-state index in [1.807, 2.05) is 97.2 Å². The fourth-order valence-electron chi connectivity index (χ4n) is 9.18. The summed E-state index contributed by atoms with van der Waals surface area (Å²) in [7, 11) is -1.95. The zero-order valence-electron chi connectivity index (χ0n) is 37.0. The largest absolute Gasteiger partial charge is 0.370 e. The van der Waals surface area contributed by atoms with E-state index < -0.39 is 15.6 Å². The van der Waals surface area contributed by atoms with Crippen LogP contribution in [0.5, 0.6) is 0 Å². The number of likely N-dealkylation sites (N-methyl/N-ethyl adjacent to an activating group) is 1. The van der Waals surface area contributed by atoms with Crippen LogP contribution in [0.25, 0.3) is 42.9 Å². The van der Waals surface area contributed by atoms with Crippen LogP contribution in [-0.2, 0) is 20.6 Å². The van der Waals surface area contributed by atoms with Crippen molar-refractivity contribution in [3.63, 3.8) is 0 Å². The molecular weight excluding hydrogens is 919 g/mol. The summed E-state index contributed by atoms with van der Waals surface area (Å²) in [4.78, 5) is 59.2. The fraction of sp³-hybridized carbons (Fsp3) is 0.245. The minimum Gasteiger partial charge on any atom is -0.370 e. The SMILES string of the molecule is CNC1(C(N)=O)CCN(c2ccccc2NC(=O)c2csc(-c3ccc4[nH]c(CS(=O)(=O)NC5CCN(c6ccccc6NC(=O)c6csc(-c7ccc8[nH]ccc8c7)n6)CC5)cc4c3)n2)CC1. The van der Waals surface area contributed by atoms with E-state index >= 15 is 0 Å². The van der Waals surface area contributed by atoms with Crippen LogP contribution in [-0.4, -0.2) is 90.9 Å². The Balaban J connectivity index is 0.732. The first-order chi connectivity index (χ1) is 32.9. The number of benzene rings is 4. The van der Waals surface area contributed by atoms with Gasteiger partial charge < -0.3 is 41.5 Å². The molecule has 6 heterocycles. The molecule has 2 saturated heterocycles. The summed E-state index contributed by atoms with van der Waals surface area (Å²) >= 11 is 2.77. The van der Waals surface area contributed by atoms with Gasteiger partial charge in [0, 0.05) is 87.8 Å². The third kappa shape index (κ3) is 9.35. The van der Waals surface area contributed by atoms with Crippen molar-refractivity contribution >= 4 is 95.0 Å². The number of nitrogens with one attached hydrogen (secondary N) is 6. The third-order valence-corrected chi connectivity index (χ3v) is 16.1. The summed E-state index contributed by atoms with van der Waals surface area (Å²) in [5, 5.41) is 16.0. The smallest absolute Gasteiger partial charge is 0.275 e. The van der Waals surface area contributed by atoms with Crippen LogP contribution in [0.4, 0.5) is 22.7 Å². The molecule has 4 aromatic heterocycles. The van der Waals surface area contributed by atoms with Gasteiger partial charge in [-0.2, -0.15) is 0 Å². The monoisotopic (exact) mass is 967 g/mol. The molecule has 8 aromatic rings. The number of H-pyrrole nitrogens is 2. The lowest BCUT2D eigenvalue weighted by molar-refractivity contribution is -0.125. The molecule has 0 radical (unpaired) electrons. The number of hydrogen-bond donors (Lipinski definition) is 7. The predicted molar refractivity (Wildman–Crippen MR) is 271 cm³/mol. The number of hydrogen-bond acceptors (Lipinski definition) is 12. The Morgan fingerprint density at radius 3 is 1.88 bits per heavy atom. The lowest BCUT2D eigenvalue weighted by Crippen LogP contribution is -2.59. The number of rotatable bonds is 14. The number of nitrogens with zero attached hydrogens (tertiary/aromatic N) is 4. The molecule has 2 fully saturated rings. The van der Waals surface area contributed by atoms with E-state index in [-0.39, 0.29) is 35.2 Å². The molecular formula is C49H49N11O5S3. The highest BCUT2D eigenvalue weighted by molar-refractivity contribution is 7.88. The van der Waals surface area contributed by atoms with Gasteiger partial charge in [-0.05, 0) is 106 Å². The molecule has 3 amide bonds. The number of primary amides is 1. The van der Waals surface area contributed by atoms with Gasteiger partial charge in [0.05, 0.1) is 22.7 Å². The van der Waals surface area contributed by atoms with Crippen LogP contribution in [0.15, 0.2) is 114 Å². The van der Waals surface area contributed by atoms with Gasteiger partial charge in [0.15, 0.2) is 0 Å². The maximum absolute atomic E-state index is 13.5. The van der Waals surface area contributed by atoms with Gasteiger partial charge in [0.2, 0.25) is 15.9 Å². The average Bonchev–Trinajstić information content (AvgIpc) is 4.19. The minimum atomic E-state index is -3.70. The molecule has 2 aliphatic rings. The van der Waals surface area contributed by atoms with Crippen molar-refractivity contribution in [1.29, 1.82) is 0 Å². The number of nitrogens with two attached hydrogens (primary N) is 1. The standard InChI is InChI=1S/C49H49N11O5S3/c1-51-49(48(50)63)17-22-60(23-18-49)43-9-5-3-7-39(43)55-45(62)41-28-67-47(57-41)32-11-13-37-33(25-32)26-35(53-37)29-68(64,65)58-34-15-20-59(21-16-34)42-8-4-2-6-38(42)54-44(61)40-27-66-46(56-40)31-10-12-36-30(24-31)14-19-52-36/h2-14,19,24-28,34,51-53,58H,15-18,20-23,29H2,1H3,(H2,50,63)(H,54,61)(H,55,62). The number of thiazole rings is 2. The van der Waals surface area contributed by atoms with Crippen LogP contribution in [0.2, 0.25) is 0 Å². The number of piperidine rings is 2. The number of anilines is 4. The van der Waals surface area contributed by atoms with Crippen LogP contribution < -0.4 is 36.2 Å². The van der Waals surface area contributed by atoms with E-state index in [9.17, 15) is 22.8 Å². The zero-order chi connectivity index (χ0) is 47.0. The van der Waals surface area contributed by atoms with E-state index in [1.165, 1.54) is 22.7 Å². The first-order valence-corrected chi connectivity index (χ1v) is 25.7. The van der Waals surface area contributed by atoms with Crippen LogP contribution >= 0.6 is 22.7 Å². The Morgan fingerprint density at radius 1 is 0.735 bits per heavy atom. The van der Waals surface area contributed by atoms with Crippen molar-refractivity contribution in [2.45, 2.75) is 43.0 Å². The molecule has 0 aliphatic carbocycles. The number of carbonyl (C=O) groups excluding carboxylic acids is 3. The first-order valence-electron chi connectivity index (χ1n) is 22.3. The Kier molecular flexibility index (Phi) is 12.3. The Bertz CT molecular complexity index is 3290. The van der Waals surface area contributed by atoms with E-state index in [4.69, 9.17) is 5.73 Å². The molecule has 16 nitrogen and oxygen atoms in total. The Morgan fingerprint density at radius 2 is 1.29 bits per heavy atom. The van der Waals surface area contributed by atoms with Gasteiger partial charge in [0.1, 0.15) is 32.7 Å². The molecule has 4 aromatic carbocycles. The van der Waals surface area contributed by atoms with E-state index in [0.29, 0.717) is 79.6 Å². The maximum atomic E-state index is 13.5. The topological polar surface area (TPSA) is 223 Å². The van der Waals surface area contributed by atoms with Crippen molar-refractivity contribution in [1.82, 2.24) is 30.0 Å². The molecule has 0 bridgehead atoms. The number of carbonyl (C=O) groups is 3. The summed E-state index contributed by atoms with van der Waals surface area (Å²) in [6, 6.07) is 30.6. The summed E-state index contributed by atoms with van der Waals surface area (Å²) < 4.78 is 30.0. The lowest BCUT2D eigenvalue weighted by Gasteiger charge is -2.41. The highest BCUT2D eigenvalue weighted by Crippen LogP contribution is 2.34. The van der Waals surface area contributed by atoms with Gasteiger partial charge in [0.25, 0.3) is 11.8 Å². The van der Waals surface area contributed by atoms with Crippen molar-refractivity contribution in [3.05, 3.63) is 131 Å². The molecule has 348 valence electrons. The predicted octanol–water partition coefficient (Wildman–Crippen LogP) is 7.53. The first kappa shape index (κ1) is 44.9. The van der Waals surface area contributed by atoms with Crippen molar-refractivity contribution in [3.8, 4) is 21.1 Å². The van der Waals surface area contributed by atoms with Crippen LogP contribution in [0, 0.1) is 0 Å². The second-order valence-electron chi connectivity index (χ2n) is 17.2. The molecule has 19 heteroatoms. The number of sulfonamides is 1. The summed E-state index contributed by atoms with van der Waals surface area (Å²) in [5.74, 6) is -1.22. The summed E-state index contributed by atoms with van der Waals surface area (Å²) in [5.41, 5.74) is 12.7. The van der Waals surface area contributed by atoms with Crippen molar-refractivity contribution in [2.24, 2.45) is 5.73 Å². The van der Waals surface area contributed by atoms with Crippen molar-refractivity contribution in [2.75, 3.05) is 53.7 Å². The molecule has 10 rings (SSSR count). The van der Waals surface area contributed by atoms with E-state index in [0.717, 1.165) is 49.3 Å². The second-order valence-corrected chi connectivity index (χ2v) is 20.7. The van der Waals surface area contributed by atoms with Crippen molar-refractivity contribution < 1.29 is 22.8 Å². The minimum absolute atomic E-state index is 0.215. The molecule has 0 spiro atoms. The third-order valence-electron chi connectivity index (χ3n) is 12.9. The molecule has 68 heavy (non-hydrogen) atoms. The summed E-state index contributed by atoms with van der Waals surface area (Å²) in [6.45, 7) is 2.38. The molecule has 0 saturated carbocycles. The number of aromatic nitrogens is 4. The van der Waals surface area contributed by atoms with E-state index in [1.54, 1.807) is 17.8 Å². The highest BCUT2D eigenvalue weighted by Gasteiger charge is 2.39. The summed E-state index contributed by atoms with van der Waals surface area (Å²) in [6.07, 6.45) is 4.17. The Labute approximate surface area is 400 Å². The number of aromatic amines is 2. The van der Waals surface area contributed by atoms with Gasteiger partial charge >= 0.3 is 0 Å². The van der Waals surface area contributed by atoms with E-state index in [2.05, 4.69) is 56.5 Å². The highest BCUT2D eigenvalue weighted by atomic mass is 32.2. The quantitative estimate of drug-likeness (QED) is 0.0567. The normalized spacial score (nSPS) is 15.5. The number of para-hydroxylation sites is 4. The van der Waals surface area contributed by atoms with Gasteiger partial charge in [-0.3, -0.25) is 14.4 Å². The number of fused-ring (bicyclic) bond motifs is 2. The van der Waals surface area contributed by atoms with Crippen LogP contribution in [0.3, 0.4) is 0 Å². The number of amides is 3. The fourth-order valence-corrected chi connectivity index (χ4v) is 12.2. The van der Waals surface area contributed by atoms with Gasteiger partial charge in [-0.25, -0.2) is 23.1 Å². The molecule has 0 unspecified atom stereocenters. The Hall–Kier alpha value is -6.90. The molecule has 8 N–H and O–H groups in total. The zero-order valence-corrected chi connectivity index (χ0v) is 39.5. The van der Waals surface area contributed by atoms with Crippen LogP contribution in [0.1, 0.15) is 52.4 Å². The lowest BCUT2D eigenvalue weighted by atomic mass is 9.86. The molecule has 2 aliphatic heterocycles.